The Hall–Kier alpha value is -1.55. The van der Waals surface area contributed by atoms with E-state index in [1.54, 1.807) is 7.11 Å². The number of para-hydroxylation sites is 1. The van der Waals surface area contributed by atoms with Gasteiger partial charge in [0.15, 0.2) is 0 Å². The second kappa shape index (κ2) is 6.94. The van der Waals surface area contributed by atoms with Crippen molar-refractivity contribution in [2.45, 2.75) is 26.8 Å². The third-order valence-corrected chi connectivity index (χ3v) is 4.41. The van der Waals surface area contributed by atoms with Gasteiger partial charge in [0.1, 0.15) is 5.75 Å². The van der Waals surface area contributed by atoms with Gasteiger partial charge in [-0.05, 0) is 12.0 Å². The zero-order chi connectivity index (χ0) is 15.4. The molecule has 4 heteroatoms. The first-order valence-electron chi connectivity index (χ1n) is 7.70. The normalized spacial score (nSPS) is 20.4. The van der Waals surface area contributed by atoms with Crippen molar-refractivity contribution in [3.63, 3.8) is 0 Å². The molecule has 0 saturated carbocycles. The van der Waals surface area contributed by atoms with Crippen molar-refractivity contribution in [2.24, 2.45) is 11.8 Å². The first-order valence-corrected chi connectivity index (χ1v) is 7.70. The van der Waals surface area contributed by atoms with Crippen molar-refractivity contribution in [2.75, 3.05) is 26.7 Å². The average Bonchev–Trinajstić information content (AvgIpc) is 2.53. The number of ether oxygens (including phenoxy) is 1. The van der Waals surface area contributed by atoms with E-state index in [2.05, 4.69) is 25.2 Å². The van der Waals surface area contributed by atoms with E-state index in [1.807, 2.05) is 30.0 Å². The van der Waals surface area contributed by atoms with E-state index in [0.717, 1.165) is 30.9 Å². The molecule has 0 bridgehead atoms. The number of amides is 1. The van der Waals surface area contributed by atoms with Crippen LogP contribution in [0.4, 0.5) is 0 Å². The van der Waals surface area contributed by atoms with Crippen molar-refractivity contribution in [1.29, 1.82) is 0 Å². The smallest absolute Gasteiger partial charge is 0.226 e. The Balaban J connectivity index is 2.29. The zero-order valence-electron chi connectivity index (χ0n) is 13.4. The predicted molar refractivity (Wildman–Crippen MR) is 84.3 cm³/mol. The lowest BCUT2D eigenvalue weighted by Gasteiger charge is -2.39. The Morgan fingerprint density at radius 2 is 2.05 bits per heavy atom. The van der Waals surface area contributed by atoms with Crippen molar-refractivity contribution in [3.8, 4) is 5.75 Å². The molecule has 1 amide bonds. The second-order valence-electron chi connectivity index (χ2n) is 6.03. The van der Waals surface area contributed by atoms with Crippen LogP contribution in [0.1, 0.15) is 32.4 Å². The lowest BCUT2D eigenvalue weighted by molar-refractivity contribution is -0.139. The van der Waals surface area contributed by atoms with Crippen LogP contribution in [0.3, 0.4) is 0 Å². The minimum Gasteiger partial charge on any atom is -0.496 e. The van der Waals surface area contributed by atoms with Gasteiger partial charge in [-0.25, -0.2) is 0 Å². The molecule has 1 N–H and O–H groups in total. The second-order valence-corrected chi connectivity index (χ2v) is 6.03. The Bertz CT molecular complexity index is 487. The Labute approximate surface area is 127 Å². The summed E-state index contributed by atoms with van der Waals surface area (Å²) < 4.78 is 5.47. The Morgan fingerprint density at radius 1 is 1.33 bits per heavy atom. The molecular formula is C17H26N2O2. The molecule has 0 spiro atoms. The summed E-state index contributed by atoms with van der Waals surface area (Å²) in [7, 11) is 1.68. The molecule has 2 rings (SSSR count). The number of hydrogen-bond donors (Lipinski definition) is 1. The van der Waals surface area contributed by atoms with Gasteiger partial charge in [0.2, 0.25) is 5.91 Å². The van der Waals surface area contributed by atoms with Crippen LogP contribution in [0.15, 0.2) is 24.3 Å². The third-order valence-electron chi connectivity index (χ3n) is 4.41. The minimum absolute atomic E-state index is 0.0420. The summed E-state index contributed by atoms with van der Waals surface area (Å²) in [5, 5.41) is 3.39. The molecule has 1 aliphatic rings. The number of nitrogens with one attached hydrogen (secondary N) is 1. The summed E-state index contributed by atoms with van der Waals surface area (Å²) in [6.07, 6.45) is 0. The number of carbonyl (C=O) groups excluding carboxylic acids is 1. The highest BCUT2D eigenvalue weighted by molar-refractivity contribution is 5.79. The fraction of sp³-hybridized carbons (Fsp3) is 0.588. The van der Waals surface area contributed by atoms with Crippen LogP contribution in [0, 0.1) is 11.8 Å². The summed E-state index contributed by atoms with van der Waals surface area (Å²) in [5.41, 5.74) is 1.08. The molecule has 21 heavy (non-hydrogen) atoms. The van der Waals surface area contributed by atoms with Crippen LogP contribution >= 0.6 is 0 Å². The molecule has 0 aliphatic carbocycles. The fourth-order valence-corrected chi connectivity index (χ4v) is 2.73. The van der Waals surface area contributed by atoms with E-state index in [0.29, 0.717) is 5.92 Å². The van der Waals surface area contributed by atoms with Crippen LogP contribution in [0.25, 0.3) is 0 Å². The van der Waals surface area contributed by atoms with Crippen LogP contribution in [-0.2, 0) is 4.79 Å². The highest BCUT2D eigenvalue weighted by Gasteiger charge is 2.32. The summed E-state index contributed by atoms with van der Waals surface area (Å²) in [4.78, 5) is 14.8. The lowest BCUT2D eigenvalue weighted by Crippen LogP contribution is -2.50. The minimum atomic E-state index is 0.0420. The van der Waals surface area contributed by atoms with Gasteiger partial charge in [0, 0.05) is 31.1 Å². The van der Waals surface area contributed by atoms with Crippen molar-refractivity contribution in [1.82, 2.24) is 10.2 Å². The van der Waals surface area contributed by atoms with Crippen LogP contribution in [0.2, 0.25) is 0 Å². The van der Waals surface area contributed by atoms with Crippen molar-refractivity contribution < 1.29 is 9.53 Å². The van der Waals surface area contributed by atoms with Crippen LogP contribution in [0.5, 0.6) is 5.75 Å². The van der Waals surface area contributed by atoms with Crippen molar-refractivity contribution in [3.05, 3.63) is 29.8 Å². The monoisotopic (exact) mass is 290 g/mol. The highest BCUT2D eigenvalue weighted by Crippen LogP contribution is 2.31. The van der Waals surface area contributed by atoms with E-state index >= 15 is 0 Å². The average molecular weight is 290 g/mol. The number of carbonyl (C=O) groups is 1. The third kappa shape index (κ3) is 3.38. The summed E-state index contributed by atoms with van der Waals surface area (Å²) in [6, 6.07) is 8.02. The number of hydrogen-bond acceptors (Lipinski definition) is 3. The molecule has 1 heterocycles. The molecular weight excluding hydrogens is 264 g/mol. The molecule has 2 atom stereocenters. The van der Waals surface area contributed by atoms with Crippen LogP contribution in [-0.4, -0.2) is 37.6 Å². The highest BCUT2D eigenvalue weighted by atomic mass is 16.5. The van der Waals surface area contributed by atoms with E-state index in [4.69, 9.17) is 4.74 Å². The van der Waals surface area contributed by atoms with Gasteiger partial charge in [-0.1, -0.05) is 39.0 Å². The standard InChI is InChI=1S/C17H26N2O2/c1-12(2)13(3)17(20)19-10-9-18-11-15(19)14-7-5-6-8-16(14)21-4/h5-8,12-13,15,18H,9-11H2,1-4H3. The predicted octanol–water partition coefficient (Wildman–Crippen LogP) is 2.46. The first-order chi connectivity index (χ1) is 10.1. The van der Waals surface area contributed by atoms with Crippen LogP contribution < -0.4 is 10.1 Å². The molecule has 116 valence electrons. The molecule has 1 aromatic carbocycles. The van der Waals surface area contributed by atoms with Gasteiger partial charge in [-0.3, -0.25) is 4.79 Å². The maximum Gasteiger partial charge on any atom is 0.226 e. The molecule has 1 aliphatic heterocycles. The number of piperazine rings is 1. The summed E-state index contributed by atoms with van der Waals surface area (Å²) in [5.74, 6) is 1.48. The number of methoxy groups -OCH3 is 1. The maximum absolute atomic E-state index is 12.8. The molecule has 0 radical (unpaired) electrons. The SMILES string of the molecule is COc1ccccc1C1CNCCN1C(=O)C(C)C(C)C. The van der Waals surface area contributed by atoms with Gasteiger partial charge in [0.25, 0.3) is 0 Å². The van der Waals surface area contributed by atoms with Gasteiger partial charge >= 0.3 is 0 Å². The quantitative estimate of drug-likeness (QED) is 0.926. The number of benzene rings is 1. The lowest BCUT2D eigenvalue weighted by atomic mass is 9.94. The van der Waals surface area contributed by atoms with E-state index < -0.39 is 0 Å². The Kier molecular flexibility index (Phi) is 5.23. The first kappa shape index (κ1) is 15.8. The maximum atomic E-state index is 12.8. The molecule has 1 fully saturated rings. The molecule has 0 aromatic heterocycles. The Morgan fingerprint density at radius 3 is 2.71 bits per heavy atom. The largest absolute Gasteiger partial charge is 0.496 e. The molecule has 1 saturated heterocycles. The van der Waals surface area contributed by atoms with E-state index in [-0.39, 0.29) is 17.9 Å². The summed E-state index contributed by atoms with van der Waals surface area (Å²) >= 11 is 0. The summed E-state index contributed by atoms with van der Waals surface area (Å²) in [6.45, 7) is 8.60. The van der Waals surface area contributed by atoms with E-state index in [9.17, 15) is 4.79 Å². The van der Waals surface area contributed by atoms with Gasteiger partial charge in [-0.15, -0.1) is 0 Å². The fourth-order valence-electron chi connectivity index (χ4n) is 2.73. The number of rotatable bonds is 4. The molecule has 1 aromatic rings. The van der Waals surface area contributed by atoms with E-state index in [1.165, 1.54) is 0 Å². The van der Waals surface area contributed by atoms with Crippen molar-refractivity contribution >= 4 is 5.91 Å². The zero-order valence-corrected chi connectivity index (χ0v) is 13.4. The molecule has 4 nitrogen and oxygen atoms in total. The van der Waals surface area contributed by atoms with Gasteiger partial charge in [-0.2, -0.15) is 0 Å². The molecule has 2 unspecified atom stereocenters. The topological polar surface area (TPSA) is 41.6 Å². The van der Waals surface area contributed by atoms with Gasteiger partial charge < -0.3 is 15.0 Å². The van der Waals surface area contributed by atoms with Gasteiger partial charge in [0.05, 0.1) is 13.2 Å². The number of nitrogens with zero attached hydrogens (tertiary/aromatic N) is 1.